The molecule has 1 aliphatic carbocycles. The predicted molar refractivity (Wildman–Crippen MR) is 79.5 cm³/mol. The van der Waals surface area contributed by atoms with Crippen LogP contribution in [-0.4, -0.2) is 25.8 Å². The van der Waals surface area contributed by atoms with E-state index in [9.17, 15) is 8.42 Å². The van der Waals surface area contributed by atoms with E-state index in [4.69, 9.17) is 18.0 Å². The molecule has 1 aromatic rings. The summed E-state index contributed by atoms with van der Waals surface area (Å²) in [7, 11) is -3.56. The number of rotatable bonds is 5. The molecule has 0 saturated heterocycles. The van der Waals surface area contributed by atoms with E-state index in [1.807, 2.05) is 0 Å². The molecule has 1 fully saturated rings. The van der Waals surface area contributed by atoms with E-state index in [0.29, 0.717) is 22.0 Å². The highest BCUT2D eigenvalue weighted by Gasteiger charge is 2.31. The molecule has 0 heterocycles. The highest BCUT2D eigenvalue weighted by atomic mass is 79.9. The summed E-state index contributed by atoms with van der Waals surface area (Å²) in [4.78, 5) is 0.208. The van der Waals surface area contributed by atoms with Crippen molar-refractivity contribution in [1.82, 2.24) is 4.31 Å². The fourth-order valence-corrected chi connectivity index (χ4v) is 3.83. The second kappa shape index (κ2) is 5.84. The van der Waals surface area contributed by atoms with Crippen LogP contribution < -0.4 is 0 Å². The molecule has 19 heavy (non-hydrogen) atoms. The first-order chi connectivity index (χ1) is 8.95. The Morgan fingerprint density at radius 1 is 1.47 bits per heavy atom. The van der Waals surface area contributed by atoms with Crippen molar-refractivity contribution in [2.45, 2.75) is 17.7 Å². The van der Waals surface area contributed by atoms with Gasteiger partial charge in [0.25, 0.3) is 0 Å². The summed E-state index contributed by atoms with van der Waals surface area (Å²) in [5, 5.41) is 0.477. The van der Waals surface area contributed by atoms with Crippen molar-refractivity contribution in [2.75, 3.05) is 13.1 Å². The topological polar surface area (TPSA) is 37.4 Å². The number of benzene rings is 1. The molecule has 0 atom stereocenters. The Morgan fingerprint density at radius 2 is 2.16 bits per heavy atom. The normalized spacial score (nSPS) is 15.5. The summed E-state index contributed by atoms with van der Waals surface area (Å²) >= 11 is 9.11. The van der Waals surface area contributed by atoms with E-state index >= 15 is 0 Å². The van der Waals surface area contributed by atoms with E-state index in [-0.39, 0.29) is 11.4 Å². The lowest BCUT2D eigenvalue weighted by Gasteiger charge is -2.20. The zero-order valence-electron chi connectivity index (χ0n) is 10.1. The second-order valence-corrected chi connectivity index (χ2v) is 7.72. The van der Waals surface area contributed by atoms with Crippen LogP contribution in [0.3, 0.4) is 0 Å². The maximum Gasteiger partial charge on any atom is 0.243 e. The number of sulfonamides is 1. The Balaban J connectivity index is 2.32. The van der Waals surface area contributed by atoms with Crippen molar-refractivity contribution in [1.29, 1.82) is 0 Å². The lowest BCUT2D eigenvalue weighted by molar-refractivity contribution is 0.430. The fraction of sp³-hybridized carbons (Fsp3) is 0.385. The molecule has 1 aliphatic rings. The SMILES string of the molecule is C#CCN(CC1CC1)S(=O)(=O)c1ccc(Cl)c(Br)c1. The first-order valence-corrected chi connectivity index (χ1v) is 8.45. The molecule has 0 spiro atoms. The zero-order chi connectivity index (χ0) is 14.0. The van der Waals surface area contributed by atoms with Crippen LogP contribution in [0.1, 0.15) is 12.8 Å². The molecule has 0 unspecified atom stereocenters. The Hall–Kier alpha value is -0.540. The van der Waals surface area contributed by atoms with Crippen LogP contribution in [0, 0.1) is 18.3 Å². The molecular weight excluding hydrogens is 350 g/mol. The minimum atomic E-state index is -3.56. The zero-order valence-corrected chi connectivity index (χ0v) is 13.3. The lowest BCUT2D eigenvalue weighted by atomic mass is 10.4. The van der Waals surface area contributed by atoms with E-state index in [0.717, 1.165) is 12.8 Å². The van der Waals surface area contributed by atoms with Crippen LogP contribution in [0.25, 0.3) is 0 Å². The molecular formula is C13H13BrClNO2S. The number of halogens is 2. The molecule has 2 rings (SSSR count). The van der Waals surface area contributed by atoms with Gasteiger partial charge in [0.15, 0.2) is 0 Å². The van der Waals surface area contributed by atoms with Crippen LogP contribution >= 0.6 is 27.5 Å². The number of hydrogen-bond acceptors (Lipinski definition) is 2. The first-order valence-electron chi connectivity index (χ1n) is 5.84. The predicted octanol–water partition coefficient (Wildman–Crippen LogP) is 3.14. The van der Waals surface area contributed by atoms with Gasteiger partial charge in [-0.1, -0.05) is 17.5 Å². The largest absolute Gasteiger partial charge is 0.243 e. The smallest absolute Gasteiger partial charge is 0.207 e. The van der Waals surface area contributed by atoms with E-state index in [1.54, 1.807) is 6.07 Å². The summed E-state index contributed by atoms with van der Waals surface area (Å²) in [6.45, 7) is 0.589. The molecule has 0 bridgehead atoms. The maximum atomic E-state index is 12.5. The van der Waals surface area contributed by atoms with Gasteiger partial charge in [-0.25, -0.2) is 8.42 Å². The van der Waals surface area contributed by atoms with Gasteiger partial charge in [-0.15, -0.1) is 6.42 Å². The number of hydrogen-bond donors (Lipinski definition) is 0. The van der Waals surface area contributed by atoms with Gasteiger partial charge >= 0.3 is 0 Å². The van der Waals surface area contributed by atoms with Crippen molar-refractivity contribution < 1.29 is 8.42 Å². The summed E-state index contributed by atoms with van der Waals surface area (Å²) < 4.78 is 27.0. The Labute approximate surface area is 127 Å². The van der Waals surface area contributed by atoms with Gasteiger partial charge in [-0.3, -0.25) is 0 Å². The van der Waals surface area contributed by atoms with Crippen LogP contribution in [-0.2, 0) is 10.0 Å². The quantitative estimate of drug-likeness (QED) is 0.755. The Morgan fingerprint density at radius 3 is 2.68 bits per heavy atom. The van der Waals surface area contributed by atoms with Crippen molar-refractivity contribution in [2.24, 2.45) is 5.92 Å². The van der Waals surface area contributed by atoms with Gasteiger partial charge in [-0.2, -0.15) is 4.31 Å². The minimum absolute atomic E-state index is 0.0963. The highest BCUT2D eigenvalue weighted by Crippen LogP contribution is 2.32. The fourth-order valence-electron chi connectivity index (χ4n) is 1.72. The van der Waals surface area contributed by atoms with Gasteiger partial charge in [0.2, 0.25) is 10.0 Å². The third kappa shape index (κ3) is 3.51. The third-order valence-corrected chi connectivity index (χ3v) is 5.98. The average Bonchev–Trinajstić information content (AvgIpc) is 3.16. The average molecular weight is 363 g/mol. The van der Waals surface area contributed by atoms with Crippen LogP contribution in [0.15, 0.2) is 27.6 Å². The van der Waals surface area contributed by atoms with Gasteiger partial charge in [0.05, 0.1) is 16.5 Å². The molecule has 1 aromatic carbocycles. The standard InChI is InChI=1S/C13H13BrClNO2S/c1-2-7-16(9-10-3-4-10)19(17,18)11-5-6-13(15)12(14)8-11/h1,5-6,8,10H,3-4,7,9H2. The molecule has 0 N–H and O–H groups in total. The van der Waals surface area contributed by atoms with Gasteiger partial charge < -0.3 is 0 Å². The van der Waals surface area contributed by atoms with Crippen LogP contribution in [0.5, 0.6) is 0 Å². The second-order valence-electron chi connectivity index (χ2n) is 4.52. The molecule has 1 saturated carbocycles. The maximum absolute atomic E-state index is 12.5. The molecule has 6 heteroatoms. The molecule has 0 radical (unpaired) electrons. The van der Waals surface area contributed by atoms with Gasteiger partial charge in [-0.05, 0) is 52.9 Å². The molecule has 102 valence electrons. The van der Waals surface area contributed by atoms with E-state index in [1.165, 1.54) is 16.4 Å². The summed E-state index contributed by atoms with van der Waals surface area (Å²) in [5.74, 6) is 2.86. The lowest BCUT2D eigenvalue weighted by Crippen LogP contribution is -2.33. The molecule has 0 aliphatic heterocycles. The Bertz CT molecular complexity index is 620. The summed E-state index contributed by atoms with van der Waals surface area (Å²) in [5.41, 5.74) is 0. The third-order valence-electron chi connectivity index (χ3n) is 2.96. The minimum Gasteiger partial charge on any atom is -0.207 e. The monoisotopic (exact) mass is 361 g/mol. The van der Waals surface area contributed by atoms with Crippen molar-refractivity contribution >= 4 is 37.6 Å². The first kappa shape index (κ1) is 14.9. The van der Waals surface area contributed by atoms with Crippen LogP contribution in [0.4, 0.5) is 0 Å². The van der Waals surface area contributed by atoms with E-state index in [2.05, 4.69) is 21.9 Å². The molecule has 3 nitrogen and oxygen atoms in total. The van der Waals surface area contributed by atoms with Crippen molar-refractivity contribution in [3.63, 3.8) is 0 Å². The highest BCUT2D eigenvalue weighted by molar-refractivity contribution is 9.10. The van der Waals surface area contributed by atoms with E-state index < -0.39 is 10.0 Å². The molecule has 0 amide bonds. The number of nitrogens with zero attached hydrogens (tertiary/aromatic N) is 1. The summed E-state index contributed by atoms with van der Waals surface area (Å²) in [6.07, 6.45) is 7.41. The van der Waals surface area contributed by atoms with Crippen molar-refractivity contribution in [3.05, 3.63) is 27.7 Å². The van der Waals surface area contributed by atoms with Gasteiger partial charge in [0.1, 0.15) is 0 Å². The van der Waals surface area contributed by atoms with Crippen LogP contribution in [0.2, 0.25) is 5.02 Å². The van der Waals surface area contributed by atoms with Gasteiger partial charge in [0, 0.05) is 11.0 Å². The van der Waals surface area contributed by atoms with Crippen molar-refractivity contribution in [3.8, 4) is 12.3 Å². The number of terminal acetylenes is 1. The summed E-state index contributed by atoms with van der Waals surface area (Å²) in [6, 6.07) is 4.57. The molecule has 0 aromatic heterocycles. The Kier molecular flexibility index (Phi) is 4.57.